The van der Waals surface area contributed by atoms with Crippen LogP contribution in [0.25, 0.3) is 0 Å². The van der Waals surface area contributed by atoms with Crippen LogP contribution in [-0.2, 0) is 21.7 Å². The van der Waals surface area contributed by atoms with Crippen molar-refractivity contribution in [2.75, 3.05) is 33.9 Å². The standard InChI is InChI=1S/C7H17NO2.CH4O.CH3.Ti/c1-7(2,10)6-8(3)4-5-9;1-2;;/h9-10H,4-6H2,1-3H3;2H,1H3;1H3;/q;;-1;. The first-order chi connectivity index (χ1) is 5.45. The van der Waals surface area contributed by atoms with Crippen molar-refractivity contribution in [2.45, 2.75) is 19.4 Å². The summed E-state index contributed by atoms with van der Waals surface area (Å²) in [4.78, 5) is 1.89. The third-order valence-electron chi connectivity index (χ3n) is 1.14. The Kier molecular flexibility index (Phi) is 23.2. The van der Waals surface area contributed by atoms with Crippen LogP contribution in [0.2, 0.25) is 0 Å². The van der Waals surface area contributed by atoms with Gasteiger partial charge < -0.3 is 27.6 Å². The molecule has 0 radical (unpaired) electrons. The van der Waals surface area contributed by atoms with E-state index in [1.165, 1.54) is 0 Å². The molecule has 88 valence electrons. The molecular formula is C9H24NO3Ti-. The molecule has 0 aromatic heterocycles. The molecule has 5 heteroatoms. The predicted octanol–water partition coefficient (Wildman–Crippen LogP) is -0.262. The van der Waals surface area contributed by atoms with Crippen molar-refractivity contribution in [1.82, 2.24) is 4.90 Å². The molecule has 0 rings (SSSR count). The molecular weight excluding hydrogens is 218 g/mol. The molecule has 0 aliphatic carbocycles. The van der Waals surface area contributed by atoms with Crippen molar-refractivity contribution < 1.29 is 37.0 Å². The van der Waals surface area contributed by atoms with Gasteiger partial charge in [0, 0.05) is 41.9 Å². The smallest absolute Gasteiger partial charge is 0.0718 e. The predicted molar refractivity (Wildman–Crippen MR) is 55.4 cm³/mol. The summed E-state index contributed by atoms with van der Waals surface area (Å²) in [7, 11) is 2.87. The number of aliphatic hydroxyl groups is 3. The average Bonchev–Trinajstić information content (AvgIpc) is 1.88. The molecule has 0 heterocycles. The van der Waals surface area contributed by atoms with Gasteiger partial charge in [-0.3, -0.25) is 0 Å². The SMILES string of the molecule is CN(CCO)CC(C)(C)O.CO.[CH3-].[Ti]. The molecule has 0 fully saturated rings. The summed E-state index contributed by atoms with van der Waals surface area (Å²) >= 11 is 0. The Morgan fingerprint density at radius 2 is 1.57 bits per heavy atom. The van der Waals surface area contributed by atoms with Gasteiger partial charge in [0.15, 0.2) is 0 Å². The maximum Gasteiger partial charge on any atom is 0.0718 e. The van der Waals surface area contributed by atoms with Crippen LogP contribution in [0, 0.1) is 7.43 Å². The Balaban J connectivity index is -0.000000117. The Bertz CT molecular complexity index is 96.5. The van der Waals surface area contributed by atoms with Gasteiger partial charge in [-0.2, -0.15) is 0 Å². The van der Waals surface area contributed by atoms with Crippen LogP contribution in [-0.4, -0.2) is 59.7 Å². The molecule has 0 atom stereocenters. The fourth-order valence-corrected chi connectivity index (χ4v) is 0.910. The van der Waals surface area contributed by atoms with E-state index in [1.54, 1.807) is 13.8 Å². The van der Waals surface area contributed by atoms with E-state index >= 15 is 0 Å². The third kappa shape index (κ3) is 22.9. The third-order valence-corrected chi connectivity index (χ3v) is 1.14. The van der Waals surface area contributed by atoms with E-state index in [4.69, 9.17) is 10.2 Å². The van der Waals surface area contributed by atoms with E-state index in [0.29, 0.717) is 13.1 Å². The van der Waals surface area contributed by atoms with Gasteiger partial charge in [0.05, 0.1) is 12.2 Å². The van der Waals surface area contributed by atoms with E-state index in [0.717, 1.165) is 7.11 Å². The fraction of sp³-hybridized carbons (Fsp3) is 0.889. The maximum atomic E-state index is 9.29. The zero-order chi connectivity index (χ0) is 10.2. The van der Waals surface area contributed by atoms with Gasteiger partial charge in [0.2, 0.25) is 0 Å². The van der Waals surface area contributed by atoms with Crippen LogP contribution in [0.1, 0.15) is 13.8 Å². The van der Waals surface area contributed by atoms with Crippen LogP contribution in [0.5, 0.6) is 0 Å². The van der Waals surface area contributed by atoms with Crippen molar-refractivity contribution >= 4 is 0 Å². The summed E-state index contributed by atoms with van der Waals surface area (Å²) in [6.07, 6.45) is 0. The summed E-state index contributed by atoms with van der Waals surface area (Å²) in [5.74, 6) is 0. The number of aliphatic hydroxyl groups excluding tert-OH is 2. The van der Waals surface area contributed by atoms with Crippen molar-refractivity contribution in [3.8, 4) is 0 Å². The molecule has 3 N–H and O–H groups in total. The molecule has 0 amide bonds. The summed E-state index contributed by atoms with van der Waals surface area (Å²) in [6.45, 7) is 4.85. The molecule has 4 nitrogen and oxygen atoms in total. The second-order valence-electron chi connectivity index (χ2n) is 3.27. The Hall–Kier alpha value is 0.554. The molecule has 0 spiro atoms. The van der Waals surface area contributed by atoms with Crippen molar-refractivity contribution in [3.05, 3.63) is 7.43 Å². The molecule has 0 saturated carbocycles. The molecule has 0 aromatic carbocycles. The van der Waals surface area contributed by atoms with Gasteiger partial charge in [-0.15, -0.1) is 0 Å². The zero-order valence-electron chi connectivity index (χ0n) is 9.91. The van der Waals surface area contributed by atoms with E-state index in [-0.39, 0.29) is 35.8 Å². The van der Waals surface area contributed by atoms with Gasteiger partial charge in [-0.1, -0.05) is 0 Å². The topological polar surface area (TPSA) is 63.9 Å². The number of nitrogens with zero attached hydrogens (tertiary/aromatic N) is 1. The summed E-state index contributed by atoms with van der Waals surface area (Å²) in [5.41, 5.74) is -0.663. The maximum absolute atomic E-state index is 9.29. The molecule has 0 aliphatic heterocycles. The minimum Gasteiger partial charge on any atom is -0.400 e. The first-order valence-corrected chi connectivity index (χ1v) is 3.92. The Morgan fingerprint density at radius 3 is 1.79 bits per heavy atom. The second kappa shape index (κ2) is 13.6. The Morgan fingerprint density at radius 1 is 1.21 bits per heavy atom. The normalized spacial score (nSPS) is 9.43. The van der Waals surface area contributed by atoms with Crippen LogP contribution in [0.15, 0.2) is 0 Å². The largest absolute Gasteiger partial charge is 0.400 e. The first-order valence-electron chi connectivity index (χ1n) is 3.92. The minimum absolute atomic E-state index is 0. The van der Waals surface area contributed by atoms with Gasteiger partial charge >= 0.3 is 0 Å². The zero-order valence-corrected chi connectivity index (χ0v) is 11.5. The minimum atomic E-state index is -0.663. The van der Waals surface area contributed by atoms with Gasteiger partial charge in [-0.25, -0.2) is 0 Å². The van der Waals surface area contributed by atoms with Crippen LogP contribution in [0.4, 0.5) is 0 Å². The molecule has 0 aliphatic rings. The molecule has 0 saturated heterocycles. The van der Waals surface area contributed by atoms with E-state index in [9.17, 15) is 5.11 Å². The fourth-order valence-electron chi connectivity index (χ4n) is 0.910. The van der Waals surface area contributed by atoms with E-state index in [1.807, 2.05) is 11.9 Å². The van der Waals surface area contributed by atoms with Crippen molar-refractivity contribution in [1.29, 1.82) is 0 Å². The number of likely N-dealkylation sites (N-methyl/N-ethyl adjacent to an activating group) is 1. The Labute approximate surface area is 103 Å². The van der Waals surface area contributed by atoms with Gasteiger partial charge in [0.25, 0.3) is 0 Å². The van der Waals surface area contributed by atoms with Crippen LogP contribution >= 0.6 is 0 Å². The van der Waals surface area contributed by atoms with Crippen LogP contribution < -0.4 is 0 Å². The van der Waals surface area contributed by atoms with Crippen molar-refractivity contribution in [3.63, 3.8) is 0 Å². The first kappa shape index (κ1) is 24.0. The number of hydrogen-bond acceptors (Lipinski definition) is 4. The summed E-state index contributed by atoms with van der Waals surface area (Å²) < 4.78 is 0. The molecule has 0 bridgehead atoms. The van der Waals surface area contributed by atoms with Gasteiger partial charge in [-0.05, 0) is 20.9 Å². The molecule has 14 heavy (non-hydrogen) atoms. The number of hydrogen-bond donors (Lipinski definition) is 3. The monoisotopic (exact) mass is 242 g/mol. The quantitative estimate of drug-likeness (QED) is 0.469. The second-order valence-corrected chi connectivity index (χ2v) is 3.27. The summed E-state index contributed by atoms with van der Waals surface area (Å²) in [5, 5.41) is 24.8. The van der Waals surface area contributed by atoms with Gasteiger partial charge in [0.1, 0.15) is 0 Å². The van der Waals surface area contributed by atoms with Crippen molar-refractivity contribution in [2.24, 2.45) is 0 Å². The molecule has 0 aromatic rings. The van der Waals surface area contributed by atoms with E-state index < -0.39 is 5.60 Å². The summed E-state index contributed by atoms with van der Waals surface area (Å²) in [6, 6.07) is 0. The number of rotatable bonds is 4. The molecule has 0 unspecified atom stereocenters. The van der Waals surface area contributed by atoms with E-state index in [2.05, 4.69) is 0 Å². The average molecular weight is 242 g/mol. The van der Waals surface area contributed by atoms with Crippen LogP contribution in [0.3, 0.4) is 0 Å².